The molecule has 0 bridgehead atoms. The second-order valence-corrected chi connectivity index (χ2v) is 3.19. The van der Waals surface area contributed by atoms with Crippen LogP contribution in [-0.2, 0) is 0 Å². The van der Waals surface area contributed by atoms with Gasteiger partial charge in [0.1, 0.15) is 12.4 Å². The van der Waals surface area contributed by atoms with Gasteiger partial charge in [-0.2, -0.15) is 5.26 Å². The molecule has 1 aliphatic heterocycles. The quantitative estimate of drug-likeness (QED) is 0.644. The summed E-state index contributed by atoms with van der Waals surface area (Å²) in [7, 11) is 0. The van der Waals surface area contributed by atoms with Gasteiger partial charge >= 0.3 is 0 Å². The molecular formula is C10H10N2O. The van der Waals surface area contributed by atoms with Crippen molar-refractivity contribution in [2.75, 3.05) is 6.61 Å². The Hall–Kier alpha value is -1.53. The number of fused-ring (bicyclic) bond motifs is 1. The van der Waals surface area contributed by atoms with Crippen molar-refractivity contribution in [2.45, 2.75) is 13.0 Å². The minimum Gasteiger partial charge on any atom is -0.491 e. The van der Waals surface area contributed by atoms with Crippen LogP contribution in [0.15, 0.2) is 12.1 Å². The summed E-state index contributed by atoms with van der Waals surface area (Å²) >= 11 is 0. The number of benzene rings is 1. The summed E-state index contributed by atoms with van der Waals surface area (Å²) in [5.41, 5.74) is 8.37. The summed E-state index contributed by atoms with van der Waals surface area (Å²) in [6.07, 6.45) is 0. The second-order valence-electron chi connectivity index (χ2n) is 3.19. The monoisotopic (exact) mass is 174 g/mol. The van der Waals surface area contributed by atoms with E-state index in [1.165, 1.54) is 0 Å². The molecule has 1 aliphatic rings. The van der Waals surface area contributed by atoms with Crippen LogP contribution in [0, 0.1) is 18.3 Å². The molecule has 0 aliphatic carbocycles. The third-order valence-electron chi connectivity index (χ3n) is 2.36. The molecule has 13 heavy (non-hydrogen) atoms. The molecular weight excluding hydrogens is 164 g/mol. The molecule has 0 aromatic heterocycles. The first-order valence-corrected chi connectivity index (χ1v) is 4.16. The summed E-state index contributed by atoms with van der Waals surface area (Å²) in [6, 6.07) is 5.75. The number of nitrogens with two attached hydrogens (primary N) is 1. The van der Waals surface area contributed by atoms with Gasteiger partial charge in [0.15, 0.2) is 0 Å². The van der Waals surface area contributed by atoms with Crippen molar-refractivity contribution in [1.29, 1.82) is 5.26 Å². The highest BCUT2D eigenvalue weighted by atomic mass is 16.5. The van der Waals surface area contributed by atoms with E-state index >= 15 is 0 Å². The summed E-state index contributed by atoms with van der Waals surface area (Å²) < 4.78 is 5.41. The lowest BCUT2D eigenvalue weighted by molar-refractivity contribution is 0.331. The first-order chi connectivity index (χ1) is 6.24. The van der Waals surface area contributed by atoms with Crippen molar-refractivity contribution < 1.29 is 4.74 Å². The molecule has 1 atom stereocenters. The lowest BCUT2D eigenvalue weighted by Gasteiger charge is -2.04. The normalized spacial score (nSPS) is 19.0. The van der Waals surface area contributed by atoms with Crippen LogP contribution < -0.4 is 10.5 Å². The molecule has 0 radical (unpaired) electrons. The SMILES string of the molecule is Cc1c(C#N)ccc2c1OC[C@@H]2N. The first-order valence-electron chi connectivity index (χ1n) is 4.16. The van der Waals surface area contributed by atoms with E-state index in [0.717, 1.165) is 16.9 Å². The zero-order valence-corrected chi connectivity index (χ0v) is 7.37. The summed E-state index contributed by atoms with van der Waals surface area (Å²) in [5.74, 6) is 0.798. The van der Waals surface area contributed by atoms with Crippen molar-refractivity contribution in [3.63, 3.8) is 0 Å². The lowest BCUT2D eigenvalue weighted by atomic mass is 10.0. The Kier molecular flexibility index (Phi) is 1.71. The summed E-state index contributed by atoms with van der Waals surface area (Å²) in [4.78, 5) is 0. The number of nitriles is 1. The van der Waals surface area contributed by atoms with E-state index in [1.54, 1.807) is 6.07 Å². The molecule has 2 rings (SSSR count). The van der Waals surface area contributed by atoms with Gasteiger partial charge in [-0.15, -0.1) is 0 Å². The standard InChI is InChI=1S/C10H10N2O/c1-6-7(4-11)2-3-8-9(12)5-13-10(6)8/h2-3,9H,5,12H2,1H3/t9-/m0/s1. The van der Waals surface area contributed by atoms with E-state index in [1.807, 2.05) is 13.0 Å². The lowest BCUT2D eigenvalue weighted by Crippen LogP contribution is -2.10. The molecule has 3 nitrogen and oxygen atoms in total. The molecule has 1 aromatic rings. The van der Waals surface area contributed by atoms with Gasteiger partial charge in [0.05, 0.1) is 17.7 Å². The van der Waals surface area contributed by atoms with Gasteiger partial charge < -0.3 is 10.5 Å². The largest absolute Gasteiger partial charge is 0.491 e. The zero-order valence-electron chi connectivity index (χ0n) is 7.37. The smallest absolute Gasteiger partial charge is 0.128 e. The van der Waals surface area contributed by atoms with Gasteiger partial charge in [-0.25, -0.2) is 0 Å². The van der Waals surface area contributed by atoms with Crippen molar-refractivity contribution in [3.8, 4) is 11.8 Å². The molecule has 66 valence electrons. The van der Waals surface area contributed by atoms with E-state index in [9.17, 15) is 0 Å². The van der Waals surface area contributed by atoms with E-state index in [2.05, 4.69) is 6.07 Å². The summed E-state index contributed by atoms with van der Waals surface area (Å²) in [6.45, 7) is 2.40. The average Bonchev–Trinajstić information content (AvgIpc) is 2.50. The maximum Gasteiger partial charge on any atom is 0.128 e. The van der Waals surface area contributed by atoms with Crippen LogP contribution in [0.3, 0.4) is 0 Å². The molecule has 2 N–H and O–H groups in total. The minimum atomic E-state index is -0.0403. The number of nitrogens with zero attached hydrogens (tertiary/aromatic N) is 1. The maximum atomic E-state index is 8.78. The third kappa shape index (κ3) is 1.07. The van der Waals surface area contributed by atoms with Gasteiger partial charge in [-0.05, 0) is 13.0 Å². The maximum absolute atomic E-state index is 8.78. The fourth-order valence-corrected chi connectivity index (χ4v) is 1.58. The number of rotatable bonds is 0. The van der Waals surface area contributed by atoms with Gasteiger partial charge in [-0.1, -0.05) is 6.07 Å². The Morgan fingerprint density at radius 1 is 1.62 bits per heavy atom. The van der Waals surface area contributed by atoms with Gasteiger partial charge in [0, 0.05) is 11.1 Å². The Morgan fingerprint density at radius 3 is 3.08 bits per heavy atom. The van der Waals surface area contributed by atoms with Crippen molar-refractivity contribution >= 4 is 0 Å². The average molecular weight is 174 g/mol. The molecule has 0 spiro atoms. The molecule has 0 fully saturated rings. The van der Waals surface area contributed by atoms with Crippen LogP contribution in [0.4, 0.5) is 0 Å². The van der Waals surface area contributed by atoms with E-state index in [0.29, 0.717) is 12.2 Å². The third-order valence-corrected chi connectivity index (χ3v) is 2.36. The van der Waals surface area contributed by atoms with E-state index in [-0.39, 0.29) is 6.04 Å². The van der Waals surface area contributed by atoms with Gasteiger partial charge in [-0.3, -0.25) is 0 Å². The molecule has 0 saturated carbocycles. The fourth-order valence-electron chi connectivity index (χ4n) is 1.58. The Labute approximate surface area is 76.7 Å². The molecule has 1 heterocycles. The number of hydrogen-bond acceptors (Lipinski definition) is 3. The zero-order chi connectivity index (χ0) is 9.42. The predicted molar refractivity (Wildman–Crippen MR) is 48.3 cm³/mol. The highest BCUT2D eigenvalue weighted by molar-refractivity contribution is 5.53. The highest BCUT2D eigenvalue weighted by Gasteiger charge is 2.23. The van der Waals surface area contributed by atoms with Crippen LogP contribution in [-0.4, -0.2) is 6.61 Å². The Balaban J connectivity index is 2.62. The highest BCUT2D eigenvalue weighted by Crippen LogP contribution is 2.35. The van der Waals surface area contributed by atoms with E-state index in [4.69, 9.17) is 15.7 Å². The molecule has 1 aromatic carbocycles. The topological polar surface area (TPSA) is 59.0 Å². The van der Waals surface area contributed by atoms with Crippen LogP contribution in [0.1, 0.15) is 22.7 Å². The Morgan fingerprint density at radius 2 is 2.38 bits per heavy atom. The van der Waals surface area contributed by atoms with Crippen molar-refractivity contribution in [3.05, 3.63) is 28.8 Å². The van der Waals surface area contributed by atoms with Crippen molar-refractivity contribution in [2.24, 2.45) is 5.73 Å². The van der Waals surface area contributed by atoms with Crippen LogP contribution in [0.2, 0.25) is 0 Å². The van der Waals surface area contributed by atoms with Crippen LogP contribution >= 0.6 is 0 Å². The van der Waals surface area contributed by atoms with Crippen LogP contribution in [0.5, 0.6) is 5.75 Å². The molecule has 0 amide bonds. The van der Waals surface area contributed by atoms with E-state index < -0.39 is 0 Å². The number of hydrogen-bond donors (Lipinski definition) is 1. The second kappa shape index (κ2) is 2.75. The fraction of sp³-hybridized carbons (Fsp3) is 0.300. The number of ether oxygens (including phenoxy) is 1. The summed E-state index contributed by atoms with van der Waals surface area (Å²) in [5, 5.41) is 8.78. The van der Waals surface area contributed by atoms with Crippen molar-refractivity contribution in [1.82, 2.24) is 0 Å². The molecule has 3 heteroatoms. The first kappa shape index (κ1) is 8.09. The van der Waals surface area contributed by atoms with Gasteiger partial charge in [0.25, 0.3) is 0 Å². The minimum absolute atomic E-state index is 0.0403. The molecule has 0 saturated heterocycles. The van der Waals surface area contributed by atoms with Gasteiger partial charge in [0.2, 0.25) is 0 Å². The van der Waals surface area contributed by atoms with Crippen LogP contribution in [0.25, 0.3) is 0 Å². The Bertz CT molecular complexity index is 393. The predicted octanol–water partition coefficient (Wildman–Crippen LogP) is 1.26. The molecule has 0 unspecified atom stereocenters.